The summed E-state index contributed by atoms with van der Waals surface area (Å²) in [6.07, 6.45) is 0. The monoisotopic (exact) mass is 190 g/mol. The van der Waals surface area contributed by atoms with Crippen molar-refractivity contribution in [3.8, 4) is 0 Å². The molecule has 1 heterocycles. The summed E-state index contributed by atoms with van der Waals surface area (Å²) in [5.41, 5.74) is 1.29. The molecule has 1 aliphatic heterocycles. The zero-order valence-corrected chi connectivity index (χ0v) is 8.36. The van der Waals surface area contributed by atoms with Crippen LogP contribution in [-0.4, -0.2) is 31.2 Å². The van der Waals surface area contributed by atoms with E-state index in [2.05, 4.69) is 36.1 Å². The van der Waals surface area contributed by atoms with Crippen molar-refractivity contribution in [3.63, 3.8) is 0 Å². The van der Waals surface area contributed by atoms with Gasteiger partial charge in [-0.15, -0.1) is 0 Å². The first-order valence-corrected chi connectivity index (χ1v) is 5.08. The molecule has 0 N–H and O–H groups in total. The topological polar surface area (TPSA) is 12.5 Å². The minimum absolute atomic E-state index is 0.264. The summed E-state index contributed by atoms with van der Waals surface area (Å²) in [5.74, 6) is 0. The van der Waals surface area contributed by atoms with Crippen molar-refractivity contribution in [2.45, 2.75) is 6.04 Å². The Labute approximate surface area is 85.5 Å². The standard InChI is InChI=1S/C12H16NO/c1-11(12-5-3-2-4-6-12)13-7-9-14-10-8-13/h2-6,11H,1,7-10H2/t11-/m1/s1. The van der Waals surface area contributed by atoms with Crippen LogP contribution in [-0.2, 0) is 4.74 Å². The molecule has 1 aromatic rings. The Kier molecular flexibility index (Phi) is 3.17. The fourth-order valence-corrected chi connectivity index (χ4v) is 1.78. The van der Waals surface area contributed by atoms with Gasteiger partial charge >= 0.3 is 0 Å². The van der Waals surface area contributed by atoms with E-state index in [0.29, 0.717) is 0 Å². The third-order valence-corrected chi connectivity index (χ3v) is 2.67. The van der Waals surface area contributed by atoms with Crippen molar-refractivity contribution < 1.29 is 4.74 Å². The van der Waals surface area contributed by atoms with Crippen molar-refractivity contribution in [2.75, 3.05) is 26.3 Å². The molecule has 14 heavy (non-hydrogen) atoms. The zero-order chi connectivity index (χ0) is 9.80. The van der Waals surface area contributed by atoms with E-state index >= 15 is 0 Å². The van der Waals surface area contributed by atoms with Crippen LogP contribution in [0.2, 0.25) is 0 Å². The quantitative estimate of drug-likeness (QED) is 0.706. The van der Waals surface area contributed by atoms with Crippen molar-refractivity contribution >= 4 is 0 Å². The molecule has 0 saturated carbocycles. The second-order valence-electron chi connectivity index (χ2n) is 3.57. The Hall–Kier alpha value is -0.860. The van der Waals surface area contributed by atoms with Crippen LogP contribution < -0.4 is 0 Å². The maximum Gasteiger partial charge on any atom is 0.0594 e. The Morgan fingerprint density at radius 3 is 2.43 bits per heavy atom. The fraction of sp³-hybridized carbons (Fsp3) is 0.417. The Morgan fingerprint density at radius 1 is 1.14 bits per heavy atom. The number of rotatable bonds is 2. The molecular formula is C12H16NO. The normalized spacial score (nSPS) is 20.6. The summed E-state index contributed by atoms with van der Waals surface area (Å²) < 4.78 is 5.32. The van der Waals surface area contributed by atoms with E-state index in [1.807, 2.05) is 6.07 Å². The second-order valence-corrected chi connectivity index (χ2v) is 3.57. The summed E-state index contributed by atoms with van der Waals surface area (Å²) in [4.78, 5) is 2.36. The highest BCUT2D eigenvalue weighted by atomic mass is 16.5. The van der Waals surface area contributed by atoms with Crippen molar-refractivity contribution in [3.05, 3.63) is 42.8 Å². The molecule has 2 nitrogen and oxygen atoms in total. The Morgan fingerprint density at radius 2 is 1.79 bits per heavy atom. The van der Waals surface area contributed by atoms with Gasteiger partial charge < -0.3 is 4.74 Å². The lowest BCUT2D eigenvalue weighted by molar-refractivity contribution is 0.0248. The van der Waals surface area contributed by atoms with Crippen LogP contribution in [0.25, 0.3) is 0 Å². The number of morpholine rings is 1. The maximum absolute atomic E-state index is 5.32. The second kappa shape index (κ2) is 4.58. The predicted octanol–water partition coefficient (Wildman–Crippen LogP) is 1.89. The maximum atomic E-state index is 5.32. The van der Waals surface area contributed by atoms with Crippen molar-refractivity contribution in [1.82, 2.24) is 4.90 Å². The average molecular weight is 190 g/mol. The first kappa shape index (κ1) is 9.69. The highest BCUT2D eigenvalue weighted by Crippen LogP contribution is 2.19. The van der Waals surface area contributed by atoms with E-state index in [9.17, 15) is 0 Å². The molecule has 0 amide bonds. The molecule has 2 heteroatoms. The molecule has 75 valence electrons. The van der Waals surface area contributed by atoms with E-state index in [-0.39, 0.29) is 6.04 Å². The van der Waals surface area contributed by atoms with Gasteiger partial charge in [-0.25, -0.2) is 0 Å². The fourth-order valence-electron chi connectivity index (χ4n) is 1.78. The van der Waals surface area contributed by atoms with Gasteiger partial charge in [-0.05, 0) is 12.5 Å². The van der Waals surface area contributed by atoms with Gasteiger partial charge in [0.05, 0.1) is 13.2 Å². The molecular weight excluding hydrogens is 174 g/mol. The minimum atomic E-state index is 0.264. The van der Waals surface area contributed by atoms with Crippen LogP contribution in [0.3, 0.4) is 0 Å². The molecule has 0 unspecified atom stereocenters. The van der Waals surface area contributed by atoms with Crippen LogP contribution in [0.1, 0.15) is 11.6 Å². The van der Waals surface area contributed by atoms with Crippen LogP contribution >= 0.6 is 0 Å². The Balaban J connectivity index is 2.03. The van der Waals surface area contributed by atoms with E-state index in [1.54, 1.807) is 0 Å². The third kappa shape index (κ3) is 2.14. The molecule has 0 bridgehead atoms. The SMILES string of the molecule is [CH2][C@H](c1ccccc1)N1CCOCC1. The van der Waals surface area contributed by atoms with Crippen LogP contribution in [0.5, 0.6) is 0 Å². The summed E-state index contributed by atoms with van der Waals surface area (Å²) in [5, 5.41) is 0. The molecule has 2 rings (SSSR count). The number of nitrogens with zero attached hydrogens (tertiary/aromatic N) is 1. The van der Waals surface area contributed by atoms with E-state index in [4.69, 9.17) is 4.74 Å². The summed E-state index contributed by atoms with van der Waals surface area (Å²) in [6, 6.07) is 10.7. The molecule has 0 aromatic heterocycles. The van der Waals surface area contributed by atoms with Crippen LogP contribution in [0, 0.1) is 6.92 Å². The zero-order valence-electron chi connectivity index (χ0n) is 8.36. The lowest BCUT2D eigenvalue weighted by Gasteiger charge is -2.32. The molecule has 1 atom stereocenters. The number of hydrogen-bond donors (Lipinski definition) is 0. The first-order chi connectivity index (χ1) is 6.88. The largest absolute Gasteiger partial charge is 0.379 e. The Bertz CT molecular complexity index is 267. The molecule has 1 radical (unpaired) electrons. The van der Waals surface area contributed by atoms with Gasteiger partial charge in [0.2, 0.25) is 0 Å². The van der Waals surface area contributed by atoms with Gasteiger partial charge in [0.25, 0.3) is 0 Å². The van der Waals surface area contributed by atoms with Gasteiger partial charge in [-0.2, -0.15) is 0 Å². The number of hydrogen-bond acceptors (Lipinski definition) is 2. The van der Waals surface area contributed by atoms with E-state index in [1.165, 1.54) is 5.56 Å². The first-order valence-electron chi connectivity index (χ1n) is 5.08. The summed E-state index contributed by atoms with van der Waals surface area (Å²) in [7, 11) is 0. The molecule has 1 aliphatic rings. The smallest absolute Gasteiger partial charge is 0.0594 e. The minimum Gasteiger partial charge on any atom is -0.379 e. The van der Waals surface area contributed by atoms with Gasteiger partial charge in [0, 0.05) is 19.1 Å². The molecule has 0 spiro atoms. The van der Waals surface area contributed by atoms with Gasteiger partial charge in [-0.3, -0.25) is 4.90 Å². The van der Waals surface area contributed by atoms with Crippen LogP contribution in [0.15, 0.2) is 30.3 Å². The lowest BCUT2D eigenvalue weighted by atomic mass is 10.1. The van der Waals surface area contributed by atoms with Crippen molar-refractivity contribution in [1.29, 1.82) is 0 Å². The summed E-state index contributed by atoms with van der Waals surface area (Å²) in [6.45, 7) is 7.85. The van der Waals surface area contributed by atoms with E-state index in [0.717, 1.165) is 26.3 Å². The van der Waals surface area contributed by atoms with Crippen molar-refractivity contribution in [2.24, 2.45) is 0 Å². The molecule has 0 aliphatic carbocycles. The lowest BCUT2D eigenvalue weighted by Crippen LogP contribution is -2.38. The van der Waals surface area contributed by atoms with Crippen LogP contribution in [0.4, 0.5) is 0 Å². The van der Waals surface area contributed by atoms with E-state index < -0.39 is 0 Å². The molecule has 1 saturated heterocycles. The number of ether oxygens (including phenoxy) is 1. The molecule has 1 aromatic carbocycles. The average Bonchev–Trinajstić information content (AvgIpc) is 2.30. The highest BCUT2D eigenvalue weighted by Gasteiger charge is 2.17. The highest BCUT2D eigenvalue weighted by molar-refractivity contribution is 5.19. The van der Waals surface area contributed by atoms with Gasteiger partial charge in [0.1, 0.15) is 0 Å². The summed E-state index contributed by atoms with van der Waals surface area (Å²) >= 11 is 0. The van der Waals surface area contributed by atoms with Gasteiger partial charge in [0.15, 0.2) is 0 Å². The van der Waals surface area contributed by atoms with Gasteiger partial charge in [-0.1, -0.05) is 30.3 Å². The number of benzene rings is 1. The molecule has 1 fully saturated rings. The predicted molar refractivity (Wildman–Crippen MR) is 56.9 cm³/mol. The third-order valence-electron chi connectivity index (χ3n) is 2.67.